The van der Waals surface area contributed by atoms with Gasteiger partial charge in [0.05, 0.1) is 6.61 Å². The molecule has 0 radical (unpaired) electrons. The molecule has 0 spiro atoms. The first-order valence-corrected chi connectivity index (χ1v) is 17.6. The third-order valence-corrected chi connectivity index (χ3v) is 9.54. The molecule has 5 nitrogen and oxygen atoms in total. The second-order valence-corrected chi connectivity index (χ2v) is 13.3. The largest absolute Gasteiger partial charge is 0.494 e. The summed E-state index contributed by atoms with van der Waals surface area (Å²) in [6.07, 6.45) is 17.0. The van der Waals surface area contributed by atoms with Crippen molar-refractivity contribution >= 4 is 22.8 Å². The molecular weight excluding hydrogens is 568 g/mol. The first-order chi connectivity index (χ1) is 21.2. The van der Waals surface area contributed by atoms with Crippen LogP contribution < -0.4 is 15.8 Å². The average molecular weight is 627 g/mol. The Labute approximate surface area is 273 Å². The van der Waals surface area contributed by atoms with Gasteiger partial charge in [-0.25, -0.2) is 0 Å². The number of nitrogens with two attached hydrogens (primary N) is 1. The summed E-state index contributed by atoms with van der Waals surface area (Å²) in [7, 11) is 0. The second kappa shape index (κ2) is 22.2. The Hall–Kier alpha value is -2.37. The molecule has 0 heterocycles. The van der Waals surface area contributed by atoms with E-state index in [0.29, 0.717) is 11.5 Å². The number of carbonyl (C=O) groups excluding carboxylic acids is 2. The zero-order valence-electron chi connectivity index (χ0n) is 27.9. The van der Waals surface area contributed by atoms with Crippen LogP contribution in [-0.2, 0) is 0 Å². The highest BCUT2D eigenvalue weighted by atomic mass is 35.5. The van der Waals surface area contributed by atoms with Gasteiger partial charge in [0.1, 0.15) is 5.75 Å². The molecule has 4 rings (SSSR count). The maximum Gasteiger partial charge on any atom is 0.252 e. The van der Waals surface area contributed by atoms with Crippen LogP contribution in [0.25, 0.3) is 0 Å². The van der Waals surface area contributed by atoms with Crippen LogP contribution in [0.5, 0.6) is 5.75 Å². The van der Waals surface area contributed by atoms with Crippen LogP contribution in [0.3, 0.4) is 0 Å². The van der Waals surface area contributed by atoms with Crippen LogP contribution in [0, 0.1) is 30.6 Å². The Morgan fingerprint density at radius 1 is 0.795 bits per heavy atom. The Bertz CT molecular complexity index is 1060. The molecule has 2 aromatic rings. The summed E-state index contributed by atoms with van der Waals surface area (Å²) in [6, 6.07) is 14.7. The number of benzene rings is 2. The standard InChI is InChI=1S/C22H35NO2.C8H7ClO.C8H17N/c1-3-4-5-6-9-16-25-21-14-12-19(13-15-21)22(24)23-17-20-11-8-7-10-18(20)2;1-6-2-4-7(5-3-6)8(9)10;1-7-4-2-3-5-8(7)6-9/h12-15,18,20H,3-11,16-17H2,1-2H3,(H,23,24);2-5H,1H3;7-8H,2-6,9H2,1H3. The van der Waals surface area contributed by atoms with E-state index in [4.69, 9.17) is 22.1 Å². The molecule has 2 saturated carbocycles. The Kier molecular flexibility index (Phi) is 19.1. The summed E-state index contributed by atoms with van der Waals surface area (Å²) in [5, 5.41) is 2.71. The molecule has 2 fully saturated rings. The van der Waals surface area contributed by atoms with E-state index in [-0.39, 0.29) is 5.91 Å². The highest BCUT2D eigenvalue weighted by Crippen LogP contribution is 2.29. The van der Waals surface area contributed by atoms with Gasteiger partial charge in [0.15, 0.2) is 0 Å². The molecule has 44 heavy (non-hydrogen) atoms. The summed E-state index contributed by atoms with van der Waals surface area (Å²) in [5.74, 6) is 3.97. The molecule has 3 N–H and O–H groups in total. The highest BCUT2D eigenvalue weighted by Gasteiger charge is 2.22. The van der Waals surface area contributed by atoms with Crippen molar-refractivity contribution in [1.82, 2.24) is 5.32 Å². The molecule has 0 aromatic heterocycles. The number of ether oxygens (including phenoxy) is 1. The molecule has 2 aliphatic rings. The number of hydrogen-bond donors (Lipinski definition) is 2. The van der Waals surface area contributed by atoms with Crippen LogP contribution in [0.2, 0.25) is 0 Å². The molecule has 4 atom stereocenters. The van der Waals surface area contributed by atoms with E-state index in [0.717, 1.165) is 60.7 Å². The maximum absolute atomic E-state index is 12.3. The number of hydrogen-bond acceptors (Lipinski definition) is 4. The Morgan fingerprint density at radius 3 is 1.86 bits per heavy atom. The SMILES string of the molecule is CC1CCCCC1CN.CCCCCCCOc1ccc(C(=O)NCC2CCCCC2C)cc1.Cc1ccc(C(=O)Cl)cc1. The number of aryl methyl sites for hydroxylation is 1. The lowest BCUT2D eigenvalue weighted by Gasteiger charge is -2.28. The van der Waals surface area contributed by atoms with Crippen LogP contribution in [0.4, 0.5) is 0 Å². The first-order valence-electron chi connectivity index (χ1n) is 17.2. The van der Waals surface area contributed by atoms with Crippen LogP contribution in [0.1, 0.15) is 131 Å². The number of nitrogens with one attached hydrogen (secondary N) is 1. The maximum atomic E-state index is 12.3. The molecule has 6 heteroatoms. The van der Waals surface area contributed by atoms with E-state index < -0.39 is 5.24 Å². The van der Waals surface area contributed by atoms with Gasteiger partial charge in [-0.05, 0) is 104 Å². The minimum atomic E-state index is -0.403. The molecule has 246 valence electrons. The van der Waals surface area contributed by atoms with Crippen LogP contribution in [0.15, 0.2) is 48.5 Å². The van der Waals surface area contributed by atoms with Crippen molar-refractivity contribution in [2.45, 2.75) is 111 Å². The average Bonchev–Trinajstić information content (AvgIpc) is 3.03. The highest BCUT2D eigenvalue weighted by molar-refractivity contribution is 6.67. The first kappa shape index (κ1) is 37.8. The third-order valence-electron chi connectivity index (χ3n) is 9.32. The lowest BCUT2D eigenvalue weighted by Crippen LogP contribution is -2.33. The zero-order valence-corrected chi connectivity index (χ0v) is 28.7. The minimum absolute atomic E-state index is 0.0314. The third kappa shape index (κ3) is 15.1. The number of halogens is 1. The van der Waals surface area contributed by atoms with E-state index in [9.17, 15) is 9.59 Å². The van der Waals surface area contributed by atoms with Crippen molar-refractivity contribution in [2.75, 3.05) is 19.7 Å². The van der Waals surface area contributed by atoms with Crippen molar-refractivity contribution in [3.8, 4) is 5.75 Å². The number of rotatable bonds is 12. The van der Waals surface area contributed by atoms with Crippen molar-refractivity contribution in [1.29, 1.82) is 0 Å². The van der Waals surface area contributed by atoms with E-state index in [2.05, 4.69) is 26.1 Å². The number of amides is 1. The lowest BCUT2D eigenvalue weighted by atomic mass is 9.80. The van der Waals surface area contributed by atoms with Gasteiger partial charge in [-0.15, -0.1) is 0 Å². The van der Waals surface area contributed by atoms with E-state index in [1.165, 1.54) is 77.0 Å². The second-order valence-electron chi connectivity index (χ2n) is 12.9. The summed E-state index contributed by atoms with van der Waals surface area (Å²) in [5.41, 5.74) is 7.99. The fourth-order valence-corrected chi connectivity index (χ4v) is 6.17. The zero-order chi connectivity index (χ0) is 32.2. The van der Waals surface area contributed by atoms with Crippen molar-refractivity contribution in [3.05, 3.63) is 65.2 Å². The summed E-state index contributed by atoms with van der Waals surface area (Å²) >= 11 is 5.22. The smallest absolute Gasteiger partial charge is 0.252 e. The topological polar surface area (TPSA) is 81.4 Å². The fourth-order valence-electron chi connectivity index (χ4n) is 6.05. The molecule has 2 aromatic carbocycles. The Balaban J connectivity index is 0.000000288. The number of carbonyl (C=O) groups is 2. The molecule has 4 unspecified atom stereocenters. The predicted molar refractivity (Wildman–Crippen MR) is 186 cm³/mol. The minimum Gasteiger partial charge on any atom is -0.494 e. The van der Waals surface area contributed by atoms with Gasteiger partial charge < -0.3 is 15.8 Å². The molecule has 2 aliphatic carbocycles. The predicted octanol–water partition coefficient (Wildman–Crippen LogP) is 9.74. The van der Waals surface area contributed by atoms with Gasteiger partial charge in [-0.3, -0.25) is 9.59 Å². The van der Waals surface area contributed by atoms with Gasteiger partial charge in [0.2, 0.25) is 0 Å². The van der Waals surface area contributed by atoms with E-state index in [1.807, 2.05) is 43.3 Å². The quantitative estimate of drug-likeness (QED) is 0.181. The monoisotopic (exact) mass is 626 g/mol. The molecule has 0 bridgehead atoms. The van der Waals surface area contributed by atoms with Crippen molar-refractivity contribution < 1.29 is 14.3 Å². The van der Waals surface area contributed by atoms with Crippen molar-refractivity contribution in [2.24, 2.45) is 29.4 Å². The van der Waals surface area contributed by atoms with Crippen molar-refractivity contribution in [3.63, 3.8) is 0 Å². The molecular formula is C38H59ClN2O3. The molecule has 1 amide bonds. The van der Waals surface area contributed by atoms with Gasteiger partial charge in [0.25, 0.3) is 11.1 Å². The van der Waals surface area contributed by atoms with Gasteiger partial charge in [0, 0.05) is 17.7 Å². The summed E-state index contributed by atoms with van der Waals surface area (Å²) < 4.78 is 5.76. The molecule has 0 saturated heterocycles. The number of unbranched alkanes of at least 4 members (excludes halogenated alkanes) is 4. The van der Waals surface area contributed by atoms with E-state index >= 15 is 0 Å². The normalized spacial score (nSPS) is 21.1. The Morgan fingerprint density at radius 2 is 1.34 bits per heavy atom. The fraction of sp³-hybridized carbons (Fsp3) is 0.632. The van der Waals surface area contributed by atoms with Gasteiger partial charge >= 0.3 is 0 Å². The van der Waals surface area contributed by atoms with Gasteiger partial charge in [-0.2, -0.15) is 0 Å². The van der Waals surface area contributed by atoms with Crippen LogP contribution in [-0.4, -0.2) is 30.8 Å². The van der Waals surface area contributed by atoms with Gasteiger partial charge in [-0.1, -0.05) is 103 Å². The molecule has 0 aliphatic heterocycles. The van der Waals surface area contributed by atoms with Crippen LogP contribution >= 0.6 is 11.6 Å². The van der Waals surface area contributed by atoms with E-state index in [1.54, 1.807) is 12.1 Å². The summed E-state index contributed by atoms with van der Waals surface area (Å²) in [4.78, 5) is 22.8. The lowest BCUT2D eigenvalue weighted by molar-refractivity contribution is 0.0936. The summed E-state index contributed by atoms with van der Waals surface area (Å²) in [6.45, 7) is 11.3.